The minimum Gasteiger partial charge on any atom is -0.465 e. The lowest BCUT2D eigenvalue weighted by Crippen LogP contribution is -2.20. The Morgan fingerprint density at radius 1 is 0.519 bits per heavy atom. The summed E-state index contributed by atoms with van der Waals surface area (Å²) in [5.41, 5.74) is 1.13. The van der Waals surface area contributed by atoms with Crippen molar-refractivity contribution < 1.29 is 62.3 Å². The molecular weight excluding hydrogens is 700 g/mol. The molecule has 2 atom stereocenters. The molecule has 0 saturated heterocycles. The van der Waals surface area contributed by atoms with Gasteiger partial charge in [0.25, 0.3) is 0 Å². The van der Waals surface area contributed by atoms with E-state index in [0.29, 0.717) is 37.2 Å². The number of carbonyl (C=O) groups excluding carboxylic acids is 6. The van der Waals surface area contributed by atoms with E-state index in [4.69, 9.17) is 24.1 Å². The van der Waals surface area contributed by atoms with E-state index < -0.39 is 35.8 Å². The van der Waals surface area contributed by atoms with Gasteiger partial charge in [0.05, 0.1) is 61.9 Å². The van der Waals surface area contributed by atoms with E-state index in [1.165, 1.54) is 26.4 Å². The largest absolute Gasteiger partial charge is 0.465 e. The van der Waals surface area contributed by atoms with Crippen LogP contribution in [0.2, 0.25) is 0 Å². The second-order valence-corrected chi connectivity index (χ2v) is 11.9. The molecular formula is C41H52O13. The van der Waals surface area contributed by atoms with Crippen molar-refractivity contribution >= 4 is 35.8 Å². The fourth-order valence-corrected chi connectivity index (χ4v) is 4.47. The molecule has 0 aliphatic rings. The smallest absolute Gasteiger partial charge is 0.345 e. The monoisotopic (exact) mass is 752 g/mol. The molecule has 54 heavy (non-hydrogen) atoms. The molecule has 0 fully saturated rings. The number of ether oxygens (including phenoxy) is 6. The van der Waals surface area contributed by atoms with Crippen molar-refractivity contribution in [3.05, 3.63) is 107 Å². The maximum Gasteiger partial charge on any atom is 0.345 e. The molecule has 1 N–H and O–H groups in total. The second kappa shape index (κ2) is 28.3. The summed E-state index contributed by atoms with van der Waals surface area (Å²) in [5, 5.41) is 8.80. The number of hydrogen-bond donors (Lipinski definition) is 1. The maximum absolute atomic E-state index is 11.8. The molecule has 2 unspecified atom stereocenters. The maximum atomic E-state index is 11.8. The predicted molar refractivity (Wildman–Crippen MR) is 199 cm³/mol. The quantitative estimate of drug-likeness (QED) is 0.0641. The molecule has 3 aromatic carbocycles. The van der Waals surface area contributed by atoms with Crippen molar-refractivity contribution in [2.45, 2.75) is 77.4 Å². The van der Waals surface area contributed by atoms with Crippen molar-refractivity contribution in [2.75, 3.05) is 34.5 Å². The highest BCUT2D eigenvalue weighted by Crippen LogP contribution is 2.12. The second-order valence-electron chi connectivity index (χ2n) is 11.9. The molecule has 294 valence electrons. The van der Waals surface area contributed by atoms with Crippen LogP contribution in [0, 0.1) is 0 Å². The van der Waals surface area contributed by atoms with E-state index in [2.05, 4.69) is 9.47 Å². The van der Waals surface area contributed by atoms with Gasteiger partial charge in [-0.3, -0.25) is 9.59 Å². The number of esters is 6. The van der Waals surface area contributed by atoms with Crippen LogP contribution in [0.4, 0.5) is 0 Å². The van der Waals surface area contributed by atoms with Crippen LogP contribution >= 0.6 is 0 Å². The third-order valence-electron chi connectivity index (χ3n) is 7.20. The molecule has 0 saturated carbocycles. The van der Waals surface area contributed by atoms with E-state index in [1.807, 2.05) is 6.92 Å². The van der Waals surface area contributed by atoms with E-state index >= 15 is 0 Å². The molecule has 0 aromatic heterocycles. The zero-order valence-corrected chi connectivity index (χ0v) is 31.7. The molecule has 0 radical (unpaired) electrons. The zero-order valence-electron chi connectivity index (χ0n) is 31.7. The molecule has 13 nitrogen and oxygen atoms in total. The lowest BCUT2D eigenvalue weighted by molar-refractivity contribution is -0.139. The zero-order chi connectivity index (χ0) is 40.1. The van der Waals surface area contributed by atoms with Gasteiger partial charge in [-0.1, -0.05) is 74.2 Å². The summed E-state index contributed by atoms with van der Waals surface area (Å²) in [6, 6.07) is 23.1. The molecule has 0 bridgehead atoms. The lowest BCUT2D eigenvalue weighted by Gasteiger charge is -2.12. The number of rotatable bonds is 18. The Balaban J connectivity index is 0.000000498. The van der Waals surface area contributed by atoms with Gasteiger partial charge in [-0.05, 0) is 63.1 Å². The van der Waals surface area contributed by atoms with Crippen LogP contribution in [0.15, 0.2) is 84.9 Å². The summed E-state index contributed by atoms with van der Waals surface area (Å²) in [4.78, 5) is 69.4. The molecule has 3 aromatic rings. The first-order chi connectivity index (χ1) is 25.9. The SMILES string of the molecule is COC(=O)c1ccccc1C(=O)OC.COCC(C)OCC(C)O.O=C(CCCCCCCCC(=O)OC(=O)c1ccccc1)OC(=O)c1ccccc1. The summed E-state index contributed by atoms with van der Waals surface area (Å²) in [5.74, 6) is -3.39. The Bertz CT molecular complexity index is 1450. The first kappa shape index (κ1) is 46.8. The first-order valence-corrected chi connectivity index (χ1v) is 17.6. The van der Waals surface area contributed by atoms with Gasteiger partial charge < -0.3 is 33.5 Å². The van der Waals surface area contributed by atoms with Crippen molar-refractivity contribution in [3.8, 4) is 0 Å². The molecule has 0 spiro atoms. The Hall–Kier alpha value is -5.24. The lowest BCUT2D eigenvalue weighted by atomic mass is 10.1. The van der Waals surface area contributed by atoms with E-state index in [0.717, 1.165) is 25.7 Å². The van der Waals surface area contributed by atoms with Crippen LogP contribution in [-0.4, -0.2) is 87.7 Å². The van der Waals surface area contributed by atoms with Crippen molar-refractivity contribution in [1.29, 1.82) is 0 Å². The summed E-state index contributed by atoms with van der Waals surface area (Å²) in [6.45, 7) is 4.56. The highest BCUT2D eigenvalue weighted by Gasteiger charge is 2.17. The molecule has 3 rings (SSSR count). The minimum atomic E-state index is -0.627. The van der Waals surface area contributed by atoms with Gasteiger partial charge in [0.15, 0.2) is 0 Å². The minimum absolute atomic E-state index is 0.0691. The highest BCUT2D eigenvalue weighted by atomic mass is 16.6. The topological polar surface area (TPSA) is 178 Å². The van der Waals surface area contributed by atoms with E-state index in [9.17, 15) is 28.8 Å². The van der Waals surface area contributed by atoms with Crippen LogP contribution in [0.1, 0.15) is 107 Å². The highest BCUT2D eigenvalue weighted by molar-refractivity contribution is 6.03. The van der Waals surface area contributed by atoms with Gasteiger partial charge in [0.1, 0.15) is 0 Å². The number of hydrogen-bond acceptors (Lipinski definition) is 13. The first-order valence-electron chi connectivity index (χ1n) is 17.6. The Kier molecular flexibility index (Phi) is 24.5. The van der Waals surface area contributed by atoms with Crippen LogP contribution in [0.3, 0.4) is 0 Å². The number of benzene rings is 3. The summed E-state index contributed by atoms with van der Waals surface area (Å²) < 4.78 is 28.7. The van der Waals surface area contributed by atoms with Crippen LogP contribution in [0.5, 0.6) is 0 Å². The number of aliphatic hydroxyl groups excluding tert-OH is 1. The van der Waals surface area contributed by atoms with Crippen LogP contribution in [0.25, 0.3) is 0 Å². The molecule has 0 aliphatic heterocycles. The summed E-state index contributed by atoms with van der Waals surface area (Å²) in [7, 11) is 4.15. The predicted octanol–water partition coefficient (Wildman–Crippen LogP) is 6.55. The van der Waals surface area contributed by atoms with Gasteiger partial charge in [0, 0.05) is 20.0 Å². The van der Waals surface area contributed by atoms with Gasteiger partial charge in [0.2, 0.25) is 0 Å². The molecule has 0 amide bonds. The van der Waals surface area contributed by atoms with Crippen LogP contribution in [-0.2, 0) is 38.0 Å². The van der Waals surface area contributed by atoms with Crippen LogP contribution < -0.4 is 0 Å². The van der Waals surface area contributed by atoms with Crippen molar-refractivity contribution in [1.82, 2.24) is 0 Å². The number of carbonyl (C=O) groups is 6. The summed E-state index contributed by atoms with van der Waals surface area (Å²) >= 11 is 0. The average molecular weight is 753 g/mol. The normalized spacial score (nSPS) is 11.2. The van der Waals surface area contributed by atoms with Crippen molar-refractivity contribution in [2.24, 2.45) is 0 Å². The van der Waals surface area contributed by atoms with Gasteiger partial charge >= 0.3 is 35.8 Å². The number of unbranched alkanes of at least 4 members (excludes halogenated alkanes) is 5. The molecule has 13 heteroatoms. The Morgan fingerprint density at radius 2 is 0.889 bits per heavy atom. The standard InChI is InChI=1S/C24H26O6.C10H10O4.C7H16O3/c25-21(29-23(27)19-13-7-5-8-14-19)17-11-3-1-2-4-12-18-22(26)30-24(28)20-15-9-6-10-16-20;1-13-9(11)7-5-3-4-6-8(7)10(12)14-2;1-6(8)4-10-7(2)5-9-3/h5-10,13-16H,1-4,11-12,17-18H2;3-6H,1-2H3;6-8H,4-5H2,1-3H3. The van der Waals surface area contributed by atoms with Gasteiger partial charge in [-0.25, -0.2) is 19.2 Å². The van der Waals surface area contributed by atoms with Crippen molar-refractivity contribution in [3.63, 3.8) is 0 Å². The number of aliphatic hydroxyl groups is 1. The molecule has 0 aliphatic carbocycles. The van der Waals surface area contributed by atoms with E-state index in [1.54, 1.807) is 86.8 Å². The van der Waals surface area contributed by atoms with E-state index in [-0.39, 0.29) is 36.2 Å². The third-order valence-corrected chi connectivity index (χ3v) is 7.20. The summed E-state index contributed by atoms with van der Waals surface area (Å²) in [6.07, 6.45) is 4.88. The average Bonchev–Trinajstić information content (AvgIpc) is 3.18. The Morgan fingerprint density at radius 3 is 1.24 bits per heavy atom. The third kappa shape index (κ3) is 20.7. The Labute approximate surface area is 316 Å². The van der Waals surface area contributed by atoms with Gasteiger partial charge in [-0.2, -0.15) is 0 Å². The number of methoxy groups -OCH3 is 3. The fourth-order valence-electron chi connectivity index (χ4n) is 4.47. The fraction of sp³-hybridized carbons (Fsp3) is 0.415. The molecule has 0 heterocycles. The van der Waals surface area contributed by atoms with Gasteiger partial charge in [-0.15, -0.1) is 0 Å².